The molecular formula is C27H24FN3O3. The highest BCUT2D eigenvalue weighted by molar-refractivity contribution is 5.91. The first kappa shape index (κ1) is 20.9. The van der Waals surface area contributed by atoms with Crippen molar-refractivity contribution in [3.8, 4) is 17.0 Å². The van der Waals surface area contributed by atoms with Crippen molar-refractivity contribution < 1.29 is 18.8 Å². The molecule has 0 fully saturated rings. The maximum Gasteiger partial charge on any atom is 0.170 e. The van der Waals surface area contributed by atoms with Crippen molar-refractivity contribution in [3.63, 3.8) is 0 Å². The highest BCUT2D eigenvalue weighted by Crippen LogP contribution is 2.30. The number of hydrogen-bond acceptors (Lipinski definition) is 5. The Labute approximate surface area is 195 Å². The number of β-amino-alcohol motifs (C(OH)–C–C–N with tert-alkyl or cyclic N) is 1. The molecule has 0 amide bonds. The zero-order chi connectivity index (χ0) is 23.1. The number of hydrogen-bond donors (Lipinski definition) is 2. The normalized spacial score (nSPS) is 15.0. The summed E-state index contributed by atoms with van der Waals surface area (Å²) in [5.41, 5.74) is 5.72. The van der Waals surface area contributed by atoms with Crippen LogP contribution in [0.1, 0.15) is 11.3 Å². The SMILES string of the molecule is OC(COc1ccc(-c2noc3cc(F)ccc23)cc1)CN1CCc2c([nH]c3ccccc23)C1. The fourth-order valence-electron chi connectivity index (χ4n) is 4.78. The van der Waals surface area contributed by atoms with Gasteiger partial charge >= 0.3 is 0 Å². The van der Waals surface area contributed by atoms with Gasteiger partial charge in [0.2, 0.25) is 0 Å². The van der Waals surface area contributed by atoms with Crippen LogP contribution >= 0.6 is 0 Å². The van der Waals surface area contributed by atoms with E-state index in [1.165, 1.54) is 34.3 Å². The minimum atomic E-state index is -0.597. The van der Waals surface area contributed by atoms with E-state index in [1.807, 2.05) is 30.3 Å². The molecule has 1 atom stereocenters. The summed E-state index contributed by atoms with van der Waals surface area (Å²) >= 11 is 0. The first-order chi connectivity index (χ1) is 16.6. The third-order valence-electron chi connectivity index (χ3n) is 6.43. The monoisotopic (exact) mass is 457 g/mol. The number of H-pyrrole nitrogens is 1. The molecule has 0 spiro atoms. The standard InChI is InChI=1S/C27H24FN3O3/c28-18-7-10-23-26(13-18)34-30-27(23)17-5-8-20(9-6-17)33-16-19(32)14-31-12-11-22-21-3-1-2-4-24(21)29-25(22)15-31/h1-10,13,19,29,32H,11-12,14-16H2. The second kappa shape index (κ2) is 8.59. The van der Waals surface area contributed by atoms with Crippen LogP contribution in [0.2, 0.25) is 0 Å². The van der Waals surface area contributed by atoms with Crippen LogP contribution in [0.4, 0.5) is 4.39 Å². The van der Waals surface area contributed by atoms with Crippen LogP contribution in [0, 0.1) is 5.82 Å². The molecule has 2 N–H and O–H groups in total. The minimum Gasteiger partial charge on any atom is -0.491 e. The van der Waals surface area contributed by atoms with E-state index in [4.69, 9.17) is 9.26 Å². The maximum atomic E-state index is 13.4. The molecule has 0 radical (unpaired) electrons. The molecule has 7 heteroatoms. The molecule has 1 unspecified atom stereocenters. The van der Waals surface area contributed by atoms with Crippen LogP contribution in [0.25, 0.3) is 33.1 Å². The van der Waals surface area contributed by atoms with Gasteiger partial charge in [-0.3, -0.25) is 4.90 Å². The molecule has 0 bridgehead atoms. The summed E-state index contributed by atoms with van der Waals surface area (Å²) in [4.78, 5) is 5.78. The molecule has 5 aromatic rings. The van der Waals surface area contributed by atoms with Crippen LogP contribution in [0.5, 0.6) is 5.75 Å². The first-order valence-electron chi connectivity index (χ1n) is 11.4. The van der Waals surface area contributed by atoms with Crippen LogP contribution in [-0.2, 0) is 13.0 Å². The Hall–Kier alpha value is -3.68. The number of rotatable bonds is 6. The molecule has 1 aliphatic heterocycles. The fraction of sp³-hybridized carbons (Fsp3) is 0.222. The molecule has 6 nitrogen and oxygen atoms in total. The van der Waals surface area contributed by atoms with Gasteiger partial charge in [-0.15, -0.1) is 0 Å². The highest BCUT2D eigenvalue weighted by Gasteiger charge is 2.22. The van der Waals surface area contributed by atoms with E-state index in [9.17, 15) is 9.50 Å². The minimum absolute atomic E-state index is 0.210. The van der Waals surface area contributed by atoms with Gasteiger partial charge < -0.3 is 19.4 Å². The van der Waals surface area contributed by atoms with Crippen molar-refractivity contribution in [2.45, 2.75) is 19.1 Å². The molecule has 3 aromatic carbocycles. The Morgan fingerprint density at radius 2 is 1.94 bits per heavy atom. The van der Waals surface area contributed by atoms with E-state index in [-0.39, 0.29) is 12.4 Å². The van der Waals surface area contributed by atoms with Gasteiger partial charge in [0.15, 0.2) is 5.58 Å². The van der Waals surface area contributed by atoms with E-state index in [1.54, 1.807) is 6.07 Å². The van der Waals surface area contributed by atoms with Crippen molar-refractivity contribution in [1.82, 2.24) is 15.0 Å². The van der Waals surface area contributed by atoms with E-state index in [2.05, 4.69) is 33.2 Å². The predicted octanol–water partition coefficient (Wildman–Crippen LogP) is 4.91. The Morgan fingerprint density at radius 1 is 1.09 bits per heavy atom. The summed E-state index contributed by atoms with van der Waals surface area (Å²) in [7, 11) is 0. The van der Waals surface area contributed by atoms with Gasteiger partial charge in [-0.05, 0) is 54.4 Å². The molecular weight excluding hydrogens is 433 g/mol. The van der Waals surface area contributed by atoms with E-state index in [0.29, 0.717) is 23.6 Å². The van der Waals surface area contributed by atoms with Crippen molar-refractivity contribution in [1.29, 1.82) is 0 Å². The molecule has 172 valence electrons. The van der Waals surface area contributed by atoms with Crippen molar-refractivity contribution >= 4 is 21.9 Å². The van der Waals surface area contributed by atoms with Crippen molar-refractivity contribution in [2.24, 2.45) is 0 Å². The largest absolute Gasteiger partial charge is 0.491 e. The summed E-state index contributed by atoms with van der Waals surface area (Å²) in [6.07, 6.45) is 0.373. The second-order valence-electron chi connectivity index (χ2n) is 8.77. The number of benzene rings is 3. The van der Waals surface area contributed by atoms with E-state index >= 15 is 0 Å². The topological polar surface area (TPSA) is 74.5 Å². The third kappa shape index (κ3) is 3.93. The van der Waals surface area contributed by atoms with Gasteiger partial charge in [-0.25, -0.2) is 4.39 Å². The number of ether oxygens (including phenoxy) is 1. The average Bonchev–Trinajstić information content (AvgIpc) is 3.43. The molecule has 0 aliphatic carbocycles. The Bertz CT molecular complexity index is 1460. The fourth-order valence-corrected chi connectivity index (χ4v) is 4.78. The number of halogens is 1. The van der Waals surface area contributed by atoms with Gasteiger partial charge in [0.1, 0.15) is 30.0 Å². The zero-order valence-corrected chi connectivity index (χ0v) is 18.5. The zero-order valence-electron chi connectivity index (χ0n) is 18.5. The summed E-state index contributed by atoms with van der Waals surface area (Å²) < 4.78 is 24.4. The van der Waals surface area contributed by atoms with Crippen LogP contribution in [0.3, 0.4) is 0 Å². The van der Waals surface area contributed by atoms with E-state index < -0.39 is 6.10 Å². The third-order valence-corrected chi connectivity index (χ3v) is 6.43. The van der Waals surface area contributed by atoms with Gasteiger partial charge in [-0.1, -0.05) is 23.4 Å². The van der Waals surface area contributed by atoms with E-state index in [0.717, 1.165) is 30.5 Å². The number of aliphatic hydroxyl groups excluding tert-OH is 1. The molecule has 1 aliphatic rings. The van der Waals surface area contributed by atoms with Crippen LogP contribution in [-0.4, -0.2) is 45.9 Å². The van der Waals surface area contributed by atoms with Crippen molar-refractivity contribution in [3.05, 3.63) is 83.8 Å². The summed E-state index contributed by atoms with van der Waals surface area (Å²) in [5, 5.41) is 16.7. The van der Waals surface area contributed by atoms with Crippen LogP contribution < -0.4 is 4.74 Å². The smallest absolute Gasteiger partial charge is 0.170 e. The molecule has 6 rings (SSSR count). The molecule has 3 heterocycles. The quantitative estimate of drug-likeness (QED) is 0.379. The van der Waals surface area contributed by atoms with Gasteiger partial charge in [0, 0.05) is 53.2 Å². The lowest BCUT2D eigenvalue weighted by Crippen LogP contribution is -2.38. The van der Waals surface area contributed by atoms with Gasteiger partial charge in [-0.2, -0.15) is 0 Å². The molecule has 2 aromatic heterocycles. The lowest BCUT2D eigenvalue weighted by molar-refractivity contribution is 0.0634. The Morgan fingerprint density at radius 3 is 2.82 bits per heavy atom. The maximum absolute atomic E-state index is 13.4. The number of aromatic amines is 1. The summed E-state index contributed by atoms with van der Waals surface area (Å²) in [6.45, 7) is 2.47. The lowest BCUT2D eigenvalue weighted by atomic mass is 10.0. The molecule has 0 saturated carbocycles. The van der Waals surface area contributed by atoms with Gasteiger partial charge in [0.05, 0.1) is 0 Å². The lowest BCUT2D eigenvalue weighted by Gasteiger charge is -2.28. The number of nitrogens with one attached hydrogen (secondary N) is 1. The Kier molecular flexibility index (Phi) is 5.28. The molecule has 34 heavy (non-hydrogen) atoms. The number of aliphatic hydroxyl groups is 1. The number of fused-ring (bicyclic) bond motifs is 4. The predicted molar refractivity (Wildman–Crippen MR) is 128 cm³/mol. The number of para-hydroxylation sites is 1. The van der Waals surface area contributed by atoms with Gasteiger partial charge in [0.25, 0.3) is 0 Å². The highest BCUT2D eigenvalue weighted by atomic mass is 19.1. The molecule has 0 saturated heterocycles. The van der Waals surface area contributed by atoms with Crippen molar-refractivity contribution in [2.75, 3.05) is 19.7 Å². The number of nitrogens with zero attached hydrogens (tertiary/aromatic N) is 2. The number of aromatic nitrogens is 2. The second-order valence-corrected chi connectivity index (χ2v) is 8.77. The first-order valence-corrected chi connectivity index (χ1v) is 11.4. The summed E-state index contributed by atoms with van der Waals surface area (Å²) in [6, 6.07) is 20.2. The van der Waals surface area contributed by atoms with Crippen LogP contribution in [0.15, 0.2) is 71.3 Å². The average molecular weight is 458 g/mol. The Balaban J connectivity index is 1.06. The summed E-state index contributed by atoms with van der Waals surface area (Å²) in [5.74, 6) is 0.307.